The first kappa shape index (κ1) is 11.3. The van der Waals surface area contributed by atoms with E-state index in [1.807, 2.05) is 31.2 Å². The number of para-hydroxylation sites is 2. The third kappa shape index (κ3) is 2.90. The van der Waals surface area contributed by atoms with Crippen LogP contribution >= 0.6 is 0 Å². The monoisotopic (exact) mass is 233 g/mol. The standard InChI is InChI=1S/C12H12FN3O/c1-2-17-10-6-4-3-5-9(10)16-12-7-11(13)14-8-15-12/h3-8H,2H2,1H3,(H,14,15,16). The van der Waals surface area contributed by atoms with E-state index in [1.54, 1.807) is 0 Å². The van der Waals surface area contributed by atoms with Crippen LogP contribution in [0.25, 0.3) is 0 Å². The van der Waals surface area contributed by atoms with Gasteiger partial charge in [0.1, 0.15) is 17.9 Å². The molecule has 5 heteroatoms. The Morgan fingerprint density at radius 3 is 2.88 bits per heavy atom. The molecule has 0 amide bonds. The first-order valence-electron chi connectivity index (χ1n) is 5.26. The average Bonchev–Trinajstić information content (AvgIpc) is 2.32. The van der Waals surface area contributed by atoms with Gasteiger partial charge in [0.05, 0.1) is 12.3 Å². The van der Waals surface area contributed by atoms with Gasteiger partial charge in [-0.1, -0.05) is 12.1 Å². The maximum absolute atomic E-state index is 12.9. The fourth-order valence-electron chi connectivity index (χ4n) is 1.39. The first-order valence-corrected chi connectivity index (χ1v) is 5.26. The molecule has 88 valence electrons. The number of nitrogens with zero attached hydrogens (tertiary/aromatic N) is 2. The Labute approximate surface area is 98.5 Å². The van der Waals surface area contributed by atoms with Crippen LogP contribution in [0.5, 0.6) is 5.75 Å². The van der Waals surface area contributed by atoms with Gasteiger partial charge in [-0.2, -0.15) is 4.39 Å². The minimum absolute atomic E-state index is 0.393. The van der Waals surface area contributed by atoms with Gasteiger partial charge in [0.2, 0.25) is 5.95 Å². The number of aromatic nitrogens is 2. The number of hydrogen-bond donors (Lipinski definition) is 1. The third-order valence-electron chi connectivity index (χ3n) is 2.08. The molecule has 4 nitrogen and oxygen atoms in total. The van der Waals surface area contributed by atoms with E-state index < -0.39 is 5.95 Å². The summed E-state index contributed by atoms with van der Waals surface area (Å²) in [5.74, 6) is 0.523. The van der Waals surface area contributed by atoms with Gasteiger partial charge in [0, 0.05) is 6.07 Å². The Morgan fingerprint density at radius 2 is 2.12 bits per heavy atom. The van der Waals surface area contributed by atoms with E-state index in [9.17, 15) is 4.39 Å². The van der Waals surface area contributed by atoms with Crippen molar-refractivity contribution in [2.45, 2.75) is 6.92 Å². The Hall–Kier alpha value is -2.17. The zero-order valence-corrected chi connectivity index (χ0v) is 9.35. The van der Waals surface area contributed by atoms with Crippen molar-refractivity contribution in [1.82, 2.24) is 9.97 Å². The van der Waals surface area contributed by atoms with E-state index in [2.05, 4.69) is 15.3 Å². The van der Waals surface area contributed by atoms with Gasteiger partial charge in [-0.05, 0) is 19.1 Å². The molecule has 1 N–H and O–H groups in total. The summed E-state index contributed by atoms with van der Waals surface area (Å²) in [6.07, 6.45) is 1.17. The van der Waals surface area contributed by atoms with E-state index in [0.717, 1.165) is 5.69 Å². The maximum Gasteiger partial charge on any atom is 0.218 e. The Kier molecular flexibility index (Phi) is 3.49. The molecule has 17 heavy (non-hydrogen) atoms. The molecular weight excluding hydrogens is 221 g/mol. The second-order valence-electron chi connectivity index (χ2n) is 3.28. The lowest BCUT2D eigenvalue weighted by Crippen LogP contribution is -1.99. The van der Waals surface area contributed by atoms with Crippen LogP contribution in [0.4, 0.5) is 15.9 Å². The van der Waals surface area contributed by atoms with Crippen molar-refractivity contribution in [3.05, 3.63) is 42.6 Å². The second-order valence-corrected chi connectivity index (χ2v) is 3.28. The summed E-state index contributed by atoms with van der Waals surface area (Å²) in [5, 5.41) is 2.98. The molecule has 0 aliphatic rings. The Morgan fingerprint density at radius 1 is 1.29 bits per heavy atom. The largest absolute Gasteiger partial charge is 0.492 e. The smallest absolute Gasteiger partial charge is 0.218 e. The summed E-state index contributed by atoms with van der Waals surface area (Å²) >= 11 is 0. The maximum atomic E-state index is 12.9. The van der Waals surface area contributed by atoms with Crippen molar-refractivity contribution in [2.75, 3.05) is 11.9 Å². The summed E-state index contributed by atoms with van der Waals surface area (Å²) in [7, 11) is 0. The first-order chi connectivity index (χ1) is 8.29. The highest BCUT2D eigenvalue weighted by molar-refractivity contribution is 5.63. The number of benzene rings is 1. The van der Waals surface area contributed by atoms with Gasteiger partial charge in [-0.3, -0.25) is 0 Å². The van der Waals surface area contributed by atoms with E-state index in [1.165, 1.54) is 12.4 Å². The number of ether oxygens (including phenoxy) is 1. The molecule has 0 unspecified atom stereocenters. The molecule has 0 atom stereocenters. The molecule has 2 aromatic rings. The van der Waals surface area contributed by atoms with Gasteiger partial charge in [-0.25, -0.2) is 9.97 Å². The van der Waals surface area contributed by atoms with E-state index in [0.29, 0.717) is 18.2 Å². The molecule has 0 spiro atoms. The predicted molar refractivity (Wildman–Crippen MR) is 62.9 cm³/mol. The lowest BCUT2D eigenvalue weighted by Gasteiger charge is -2.11. The van der Waals surface area contributed by atoms with Crippen LogP contribution in [-0.2, 0) is 0 Å². The van der Waals surface area contributed by atoms with Crippen LogP contribution in [0, 0.1) is 5.95 Å². The van der Waals surface area contributed by atoms with Crippen LogP contribution in [0.1, 0.15) is 6.92 Å². The molecule has 0 aliphatic heterocycles. The van der Waals surface area contributed by atoms with Crippen molar-refractivity contribution in [1.29, 1.82) is 0 Å². The quantitative estimate of drug-likeness (QED) is 0.825. The summed E-state index contributed by atoms with van der Waals surface area (Å²) in [5.41, 5.74) is 0.743. The van der Waals surface area contributed by atoms with Crippen molar-refractivity contribution < 1.29 is 9.13 Å². The van der Waals surface area contributed by atoms with Crippen LogP contribution in [0.15, 0.2) is 36.7 Å². The van der Waals surface area contributed by atoms with Crippen molar-refractivity contribution >= 4 is 11.5 Å². The molecule has 1 aromatic heterocycles. The normalized spacial score (nSPS) is 10.0. The molecule has 1 heterocycles. The molecule has 0 saturated heterocycles. The minimum atomic E-state index is -0.573. The van der Waals surface area contributed by atoms with Gasteiger partial charge in [0.15, 0.2) is 0 Å². The van der Waals surface area contributed by atoms with Gasteiger partial charge < -0.3 is 10.1 Å². The Balaban J connectivity index is 2.23. The Bertz CT molecular complexity index is 505. The SMILES string of the molecule is CCOc1ccccc1Nc1cc(F)ncn1. The van der Waals surface area contributed by atoms with Gasteiger partial charge >= 0.3 is 0 Å². The molecule has 0 radical (unpaired) electrons. The van der Waals surface area contributed by atoms with E-state index >= 15 is 0 Å². The highest BCUT2D eigenvalue weighted by atomic mass is 19.1. The number of hydrogen-bond acceptors (Lipinski definition) is 4. The van der Waals surface area contributed by atoms with Crippen LogP contribution in [0.3, 0.4) is 0 Å². The van der Waals surface area contributed by atoms with Crippen LogP contribution in [-0.4, -0.2) is 16.6 Å². The molecule has 0 aliphatic carbocycles. The van der Waals surface area contributed by atoms with Gasteiger partial charge in [-0.15, -0.1) is 0 Å². The van der Waals surface area contributed by atoms with Crippen molar-refractivity contribution in [3.63, 3.8) is 0 Å². The molecule has 0 bridgehead atoms. The molecule has 1 aromatic carbocycles. The summed E-state index contributed by atoms with van der Waals surface area (Å²) in [6.45, 7) is 2.47. The number of anilines is 2. The number of nitrogens with one attached hydrogen (secondary N) is 1. The fraction of sp³-hybridized carbons (Fsp3) is 0.167. The van der Waals surface area contributed by atoms with Crippen LogP contribution in [0.2, 0.25) is 0 Å². The van der Waals surface area contributed by atoms with Crippen LogP contribution < -0.4 is 10.1 Å². The highest BCUT2D eigenvalue weighted by Gasteiger charge is 2.04. The lowest BCUT2D eigenvalue weighted by atomic mass is 10.3. The molecule has 0 saturated carbocycles. The topological polar surface area (TPSA) is 47.0 Å². The number of rotatable bonds is 4. The minimum Gasteiger partial charge on any atom is -0.492 e. The molecule has 0 fully saturated rings. The van der Waals surface area contributed by atoms with Gasteiger partial charge in [0.25, 0.3) is 0 Å². The third-order valence-corrected chi connectivity index (χ3v) is 2.08. The van der Waals surface area contributed by atoms with Crippen molar-refractivity contribution in [2.24, 2.45) is 0 Å². The molecule has 2 rings (SSSR count). The number of halogens is 1. The van der Waals surface area contributed by atoms with E-state index in [4.69, 9.17) is 4.74 Å². The predicted octanol–water partition coefficient (Wildman–Crippen LogP) is 2.76. The lowest BCUT2D eigenvalue weighted by molar-refractivity contribution is 0.342. The average molecular weight is 233 g/mol. The van der Waals surface area contributed by atoms with Crippen molar-refractivity contribution in [3.8, 4) is 5.75 Å². The van der Waals surface area contributed by atoms with E-state index in [-0.39, 0.29) is 0 Å². The zero-order chi connectivity index (χ0) is 12.1. The second kappa shape index (κ2) is 5.25. The molecular formula is C12H12FN3O. The fourth-order valence-corrected chi connectivity index (χ4v) is 1.39. The zero-order valence-electron chi connectivity index (χ0n) is 9.35. The summed E-state index contributed by atoms with van der Waals surface area (Å²) in [4.78, 5) is 7.31. The summed E-state index contributed by atoms with van der Waals surface area (Å²) < 4.78 is 18.3. The highest BCUT2D eigenvalue weighted by Crippen LogP contribution is 2.26. The summed E-state index contributed by atoms with van der Waals surface area (Å²) in [6, 6.07) is 8.64.